The minimum Gasteiger partial charge on any atom is -0.434 e. The number of hydrogen-bond donors (Lipinski definition) is 2. The van der Waals surface area contributed by atoms with E-state index in [-0.39, 0.29) is 18.8 Å². The van der Waals surface area contributed by atoms with Crippen LogP contribution in [-0.4, -0.2) is 44.9 Å². The highest BCUT2D eigenvalue weighted by atomic mass is 16.3. The van der Waals surface area contributed by atoms with Crippen molar-refractivity contribution in [1.82, 2.24) is 14.9 Å². The number of anilines is 1. The van der Waals surface area contributed by atoms with E-state index in [0.717, 1.165) is 4.90 Å². The van der Waals surface area contributed by atoms with E-state index < -0.39 is 11.8 Å². The third kappa shape index (κ3) is 2.82. The molecule has 0 saturated heterocycles. The zero-order valence-electron chi connectivity index (χ0n) is 13.5. The highest BCUT2D eigenvalue weighted by molar-refractivity contribution is 6.17. The number of nitrogens with one attached hydrogen (secondary N) is 1. The molecule has 130 valence electrons. The summed E-state index contributed by atoms with van der Waals surface area (Å²) in [6, 6.07) is 10.7. The molecule has 8 nitrogen and oxygen atoms in total. The number of aliphatic hydroxyl groups excluding tert-OH is 1. The Morgan fingerprint density at radius 3 is 2.88 bits per heavy atom. The summed E-state index contributed by atoms with van der Waals surface area (Å²) in [5.74, 6) is -0.514. The lowest BCUT2D eigenvalue weighted by Crippen LogP contribution is -2.34. The minimum atomic E-state index is -0.472. The van der Waals surface area contributed by atoms with Crippen LogP contribution in [0, 0.1) is 0 Å². The van der Waals surface area contributed by atoms with E-state index in [1.807, 2.05) is 6.07 Å². The SMILES string of the molecule is O=C1C=C(Nc2cccc(-c3nc4ncccc4o3)c2)C(=O)N1CCO. The van der Waals surface area contributed by atoms with Crippen molar-refractivity contribution in [3.05, 3.63) is 54.4 Å². The summed E-state index contributed by atoms with van der Waals surface area (Å²) in [6.07, 6.45) is 2.86. The Morgan fingerprint density at radius 1 is 1.19 bits per heavy atom. The first kappa shape index (κ1) is 16.0. The van der Waals surface area contributed by atoms with Crippen molar-refractivity contribution >= 4 is 28.7 Å². The zero-order valence-corrected chi connectivity index (χ0v) is 13.5. The van der Waals surface area contributed by atoms with Crippen LogP contribution in [0.2, 0.25) is 0 Å². The van der Waals surface area contributed by atoms with Crippen LogP contribution in [0.3, 0.4) is 0 Å². The lowest BCUT2D eigenvalue weighted by atomic mass is 10.2. The normalized spacial score (nSPS) is 14.2. The topological polar surface area (TPSA) is 109 Å². The standard InChI is InChI=1S/C18H14N4O4/c23-8-7-22-15(24)10-13(18(22)25)20-12-4-1-3-11(9-12)17-21-16-14(26-17)5-2-6-19-16/h1-6,9-10,20,23H,7-8H2. The maximum Gasteiger partial charge on any atom is 0.277 e. The molecule has 26 heavy (non-hydrogen) atoms. The molecule has 1 aromatic carbocycles. The van der Waals surface area contributed by atoms with Gasteiger partial charge in [0.15, 0.2) is 11.2 Å². The van der Waals surface area contributed by atoms with Crippen LogP contribution < -0.4 is 5.32 Å². The Morgan fingerprint density at radius 2 is 2.08 bits per heavy atom. The fourth-order valence-corrected chi connectivity index (χ4v) is 2.69. The molecular weight excluding hydrogens is 336 g/mol. The van der Waals surface area contributed by atoms with Crippen LogP contribution in [0.25, 0.3) is 22.7 Å². The van der Waals surface area contributed by atoms with E-state index in [9.17, 15) is 9.59 Å². The first-order chi connectivity index (χ1) is 12.7. The van der Waals surface area contributed by atoms with Crippen molar-refractivity contribution in [3.8, 4) is 11.5 Å². The number of amides is 2. The molecule has 0 atom stereocenters. The van der Waals surface area contributed by atoms with Crippen LogP contribution in [0.4, 0.5) is 5.69 Å². The second-order valence-corrected chi connectivity index (χ2v) is 5.63. The molecule has 3 heterocycles. The van der Waals surface area contributed by atoms with Gasteiger partial charge in [-0.1, -0.05) is 6.07 Å². The number of benzene rings is 1. The van der Waals surface area contributed by atoms with Gasteiger partial charge in [0.2, 0.25) is 5.89 Å². The van der Waals surface area contributed by atoms with E-state index >= 15 is 0 Å². The Hall–Kier alpha value is -3.52. The number of hydrogen-bond acceptors (Lipinski definition) is 7. The predicted molar refractivity (Wildman–Crippen MR) is 92.8 cm³/mol. The number of fused-ring (bicyclic) bond motifs is 1. The van der Waals surface area contributed by atoms with Crippen LogP contribution in [0.1, 0.15) is 0 Å². The van der Waals surface area contributed by atoms with Gasteiger partial charge in [-0.25, -0.2) is 4.98 Å². The molecule has 3 aromatic rings. The quantitative estimate of drug-likeness (QED) is 0.672. The largest absolute Gasteiger partial charge is 0.434 e. The summed E-state index contributed by atoms with van der Waals surface area (Å²) in [7, 11) is 0. The Labute approximate surface area is 147 Å². The molecule has 1 aliphatic rings. The van der Waals surface area contributed by atoms with Crippen LogP contribution in [-0.2, 0) is 9.59 Å². The van der Waals surface area contributed by atoms with Crippen molar-refractivity contribution in [2.45, 2.75) is 0 Å². The summed E-state index contributed by atoms with van der Waals surface area (Å²) in [5, 5.41) is 11.9. The minimum absolute atomic E-state index is 0.0324. The van der Waals surface area contributed by atoms with Crippen molar-refractivity contribution in [2.24, 2.45) is 0 Å². The molecule has 0 aliphatic carbocycles. The number of carbonyl (C=O) groups is 2. The fraction of sp³-hybridized carbons (Fsp3) is 0.111. The average molecular weight is 350 g/mol. The zero-order chi connectivity index (χ0) is 18.1. The second kappa shape index (κ2) is 6.41. The van der Waals surface area contributed by atoms with Gasteiger partial charge in [-0.3, -0.25) is 14.5 Å². The van der Waals surface area contributed by atoms with E-state index in [1.165, 1.54) is 6.08 Å². The van der Waals surface area contributed by atoms with E-state index in [4.69, 9.17) is 9.52 Å². The van der Waals surface area contributed by atoms with Crippen molar-refractivity contribution in [3.63, 3.8) is 0 Å². The first-order valence-electron chi connectivity index (χ1n) is 7.93. The molecule has 1 aliphatic heterocycles. The molecule has 0 fully saturated rings. The van der Waals surface area contributed by atoms with Crippen molar-refractivity contribution in [2.75, 3.05) is 18.5 Å². The van der Waals surface area contributed by atoms with Crippen LogP contribution in [0.5, 0.6) is 0 Å². The van der Waals surface area contributed by atoms with Gasteiger partial charge < -0.3 is 14.8 Å². The van der Waals surface area contributed by atoms with Crippen molar-refractivity contribution < 1.29 is 19.1 Å². The Kier molecular flexibility index (Phi) is 3.94. The molecule has 0 spiro atoms. The van der Waals surface area contributed by atoms with E-state index in [1.54, 1.807) is 36.5 Å². The van der Waals surface area contributed by atoms with Gasteiger partial charge in [-0.05, 0) is 30.3 Å². The highest BCUT2D eigenvalue weighted by Gasteiger charge is 2.30. The van der Waals surface area contributed by atoms with Gasteiger partial charge >= 0.3 is 0 Å². The summed E-state index contributed by atoms with van der Waals surface area (Å²) >= 11 is 0. The number of rotatable bonds is 5. The van der Waals surface area contributed by atoms with Gasteiger partial charge in [0, 0.05) is 23.5 Å². The number of aliphatic hydroxyl groups is 1. The predicted octanol–water partition coefficient (Wildman–Crippen LogP) is 1.55. The Balaban J connectivity index is 1.59. The number of imide groups is 1. The second-order valence-electron chi connectivity index (χ2n) is 5.63. The lowest BCUT2D eigenvalue weighted by molar-refractivity contribution is -0.137. The smallest absolute Gasteiger partial charge is 0.277 e. The summed E-state index contributed by atoms with van der Waals surface area (Å²) < 4.78 is 5.69. The van der Waals surface area contributed by atoms with Gasteiger partial charge in [-0.2, -0.15) is 4.98 Å². The summed E-state index contributed by atoms with van der Waals surface area (Å²) in [4.78, 5) is 33.5. The van der Waals surface area contributed by atoms with E-state index in [0.29, 0.717) is 28.4 Å². The fourth-order valence-electron chi connectivity index (χ4n) is 2.69. The number of pyridine rings is 1. The summed E-state index contributed by atoms with van der Waals surface area (Å²) in [6.45, 7) is -0.310. The number of oxazole rings is 1. The maximum atomic E-state index is 12.2. The average Bonchev–Trinajstić information content (AvgIpc) is 3.19. The van der Waals surface area contributed by atoms with Gasteiger partial charge in [0.05, 0.1) is 13.2 Å². The van der Waals surface area contributed by atoms with Crippen LogP contribution >= 0.6 is 0 Å². The monoisotopic (exact) mass is 350 g/mol. The maximum absolute atomic E-state index is 12.2. The summed E-state index contributed by atoms with van der Waals surface area (Å²) in [5.41, 5.74) is 2.56. The molecule has 0 bridgehead atoms. The number of carbonyl (C=O) groups excluding carboxylic acids is 2. The number of β-amino-alcohol motifs (C(OH)–C–C–N with tert-alkyl or cyclic N) is 1. The molecule has 2 amide bonds. The molecule has 2 aromatic heterocycles. The molecular formula is C18H14N4O4. The lowest BCUT2D eigenvalue weighted by Gasteiger charge is -2.13. The molecule has 0 radical (unpaired) electrons. The van der Waals surface area contributed by atoms with Gasteiger partial charge in [-0.15, -0.1) is 0 Å². The molecule has 2 N–H and O–H groups in total. The third-order valence-corrected chi connectivity index (χ3v) is 3.89. The highest BCUT2D eigenvalue weighted by Crippen LogP contribution is 2.26. The molecule has 0 unspecified atom stereocenters. The Bertz CT molecular complexity index is 1010. The number of aromatic nitrogens is 2. The van der Waals surface area contributed by atoms with E-state index in [2.05, 4.69) is 15.3 Å². The molecule has 0 saturated carbocycles. The van der Waals surface area contributed by atoms with Gasteiger partial charge in [0.1, 0.15) is 5.70 Å². The third-order valence-electron chi connectivity index (χ3n) is 3.89. The number of nitrogens with zero attached hydrogens (tertiary/aromatic N) is 3. The molecule has 4 rings (SSSR count). The molecule has 8 heteroatoms. The van der Waals surface area contributed by atoms with Gasteiger partial charge in [0.25, 0.3) is 11.8 Å². The van der Waals surface area contributed by atoms with Crippen molar-refractivity contribution in [1.29, 1.82) is 0 Å². The first-order valence-corrected chi connectivity index (χ1v) is 7.93. The van der Waals surface area contributed by atoms with Crippen LogP contribution in [0.15, 0.2) is 58.8 Å².